The minimum atomic E-state index is -0.466. The Hall–Kier alpha value is -1.62. The molecule has 0 aromatic rings. The highest BCUT2D eigenvalue weighted by molar-refractivity contribution is 5.82. The fraction of sp³-hybridized carbons (Fsp3) is 0.714. The number of carbonyl (C=O) groups is 2. The number of primary amides is 1. The third kappa shape index (κ3) is 6.58. The van der Waals surface area contributed by atoms with E-state index >= 15 is 0 Å². The van der Waals surface area contributed by atoms with Crippen LogP contribution in [0.5, 0.6) is 0 Å². The largest absolute Gasteiger partial charge is 0.368 e. The quantitative estimate of drug-likeness (QED) is 0.540. The smallest absolute Gasteiger partial charge is 0.251 e. The third-order valence-electron chi connectivity index (χ3n) is 3.41. The van der Waals surface area contributed by atoms with Gasteiger partial charge in [0.2, 0.25) is 5.91 Å². The molecule has 0 saturated carbocycles. The molecule has 2 amide bonds. The van der Waals surface area contributed by atoms with Gasteiger partial charge in [-0.1, -0.05) is 18.3 Å². The van der Waals surface area contributed by atoms with Crippen molar-refractivity contribution in [1.29, 1.82) is 0 Å². The van der Waals surface area contributed by atoms with Crippen molar-refractivity contribution in [3.63, 3.8) is 0 Å². The van der Waals surface area contributed by atoms with Crippen LogP contribution in [0.1, 0.15) is 19.3 Å². The van der Waals surface area contributed by atoms with Crippen molar-refractivity contribution >= 4 is 11.8 Å². The van der Waals surface area contributed by atoms with Crippen molar-refractivity contribution in [2.24, 2.45) is 5.73 Å². The van der Waals surface area contributed by atoms with Gasteiger partial charge in [0, 0.05) is 7.05 Å². The highest BCUT2D eigenvalue weighted by Crippen LogP contribution is 2.02. The van der Waals surface area contributed by atoms with Crippen molar-refractivity contribution in [2.75, 3.05) is 40.3 Å². The van der Waals surface area contributed by atoms with Crippen LogP contribution in [0.2, 0.25) is 0 Å². The molecule has 1 rings (SSSR count). The molecular weight excluding hydrogens is 270 g/mol. The molecule has 118 valence electrons. The van der Waals surface area contributed by atoms with Gasteiger partial charge in [0.25, 0.3) is 5.91 Å². The first-order chi connectivity index (χ1) is 10.0. The van der Waals surface area contributed by atoms with E-state index in [0.717, 1.165) is 19.4 Å². The lowest BCUT2D eigenvalue weighted by molar-refractivity contribution is -0.132. The molecule has 0 aromatic carbocycles. The molecule has 0 bridgehead atoms. The lowest BCUT2D eigenvalue weighted by atomic mass is 10.1. The maximum atomic E-state index is 12.0. The molecule has 0 aliphatic carbocycles. The van der Waals surface area contributed by atoms with Gasteiger partial charge < -0.3 is 5.73 Å². The van der Waals surface area contributed by atoms with E-state index in [1.165, 1.54) is 5.01 Å². The van der Waals surface area contributed by atoms with Crippen molar-refractivity contribution < 1.29 is 9.59 Å². The molecule has 7 heteroatoms. The highest BCUT2D eigenvalue weighted by atomic mass is 16.2. The minimum absolute atomic E-state index is 0.0655. The first-order valence-electron chi connectivity index (χ1n) is 7.19. The molecule has 0 radical (unpaired) electrons. The van der Waals surface area contributed by atoms with Gasteiger partial charge in [-0.2, -0.15) is 0 Å². The number of carbonyl (C=O) groups excluding carboxylic acids is 2. The fourth-order valence-electron chi connectivity index (χ4n) is 2.08. The standard InChI is InChI=1S/C14H25N5O2/c1-16-19-10-6-5-9-18(2)8-4-3-7-12(14(15)21)17-11-13(19)20/h12,16-17H,3-4,7-11H2,1-2H3,(H2,15,21)/t12-/m0/s1. The molecule has 1 aliphatic heterocycles. The highest BCUT2D eigenvalue weighted by Gasteiger charge is 2.18. The Morgan fingerprint density at radius 3 is 2.76 bits per heavy atom. The minimum Gasteiger partial charge on any atom is -0.368 e. The zero-order valence-corrected chi connectivity index (χ0v) is 12.8. The number of hydrogen-bond acceptors (Lipinski definition) is 5. The molecule has 1 atom stereocenters. The van der Waals surface area contributed by atoms with E-state index in [1.807, 2.05) is 7.05 Å². The molecule has 0 spiro atoms. The van der Waals surface area contributed by atoms with Gasteiger partial charge >= 0.3 is 0 Å². The molecule has 1 heterocycles. The molecule has 0 saturated heterocycles. The predicted octanol–water partition coefficient (Wildman–Crippen LogP) is -1.49. The van der Waals surface area contributed by atoms with E-state index in [4.69, 9.17) is 5.73 Å². The Bertz CT molecular complexity index is 415. The van der Waals surface area contributed by atoms with E-state index in [0.29, 0.717) is 19.5 Å². The van der Waals surface area contributed by atoms with Gasteiger partial charge in [0.15, 0.2) is 0 Å². The summed E-state index contributed by atoms with van der Waals surface area (Å²) in [4.78, 5) is 25.5. The molecule has 0 fully saturated rings. The van der Waals surface area contributed by atoms with Gasteiger partial charge in [0.05, 0.1) is 25.7 Å². The zero-order valence-electron chi connectivity index (χ0n) is 12.8. The Morgan fingerprint density at radius 1 is 1.38 bits per heavy atom. The Labute approximate surface area is 126 Å². The van der Waals surface area contributed by atoms with Crippen LogP contribution in [0.4, 0.5) is 0 Å². The van der Waals surface area contributed by atoms with Crippen LogP contribution in [0, 0.1) is 11.8 Å². The maximum absolute atomic E-state index is 12.0. The lowest BCUT2D eigenvalue weighted by Crippen LogP contribution is -2.49. The fourth-order valence-corrected chi connectivity index (χ4v) is 2.08. The Morgan fingerprint density at radius 2 is 2.10 bits per heavy atom. The molecule has 0 unspecified atom stereocenters. The number of hydrazine groups is 1. The van der Waals surface area contributed by atoms with E-state index in [1.54, 1.807) is 7.05 Å². The normalized spacial score (nSPS) is 23.0. The second-order valence-electron chi connectivity index (χ2n) is 5.13. The maximum Gasteiger partial charge on any atom is 0.251 e. The van der Waals surface area contributed by atoms with Gasteiger partial charge in [-0.25, -0.2) is 5.43 Å². The molecular formula is C14H25N5O2. The first-order valence-corrected chi connectivity index (χ1v) is 7.19. The van der Waals surface area contributed by atoms with Crippen LogP contribution in [0.15, 0.2) is 0 Å². The summed E-state index contributed by atoms with van der Waals surface area (Å²) >= 11 is 0. The molecule has 21 heavy (non-hydrogen) atoms. The summed E-state index contributed by atoms with van der Waals surface area (Å²) in [6.07, 6.45) is 2.49. The summed E-state index contributed by atoms with van der Waals surface area (Å²) in [6, 6.07) is -0.466. The van der Waals surface area contributed by atoms with Crippen LogP contribution in [0.3, 0.4) is 0 Å². The van der Waals surface area contributed by atoms with E-state index in [9.17, 15) is 9.59 Å². The van der Waals surface area contributed by atoms with Crippen LogP contribution in [0.25, 0.3) is 0 Å². The second-order valence-corrected chi connectivity index (χ2v) is 5.13. The summed E-state index contributed by atoms with van der Waals surface area (Å²) in [7, 11) is 3.67. The van der Waals surface area contributed by atoms with Gasteiger partial charge in [0.1, 0.15) is 0 Å². The topological polar surface area (TPSA) is 90.7 Å². The number of nitrogens with zero attached hydrogens (tertiary/aromatic N) is 2. The number of nitrogens with two attached hydrogens (primary N) is 1. The number of rotatable bonds is 2. The van der Waals surface area contributed by atoms with E-state index < -0.39 is 11.9 Å². The zero-order chi connectivity index (χ0) is 15.7. The number of nitrogens with one attached hydrogen (secondary N) is 2. The monoisotopic (exact) mass is 295 g/mol. The molecule has 0 aromatic heterocycles. The van der Waals surface area contributed by atoms with Crippen molar-refractivity contribution in [3.05, 3.63) is 0 Å². The first kappa shape index (κ1) is 17.4. The van der Waals surface area contributed by atoms with Crippen LogP contribution in [-0.4, -0.2) is 68.0 Å². The Balaban J connectivity index is 2.71. The van der Waals surface area contributed by atoms with Crippen LogP contribution >= 0.6 is 0 Å². The third-order valence-corrected chi connectivity index (χ3v) is 3.41. The van der Waals surface area contributed by atoms with Crippen LogP contribution < -0.4 is 16.5 Å². The van der Waals surface area contributed by atoms with Gasteiger partial charge in [-0.15, -0.1) is 0 Å². The lowest BCUT2D eigenvalue weighted by Gasteiger charge is -2.22. The van der Waals surface area contributed by atoms with E-state index in [-0.39, 0.29) is 12.5 Å². The SMILES string of the molecule is CNN1CC#CCN(C)CCCC[C@@H](C(N)=O)NCC1=O. The summed E-state index contributed by atoms with van der Waals surface area (Å²) in [5.74, 6) is 5.43. The second kappa shape index (κ2) is 9.34. The predicted molar refractivity (Wildman–Crippen MR) is 80.9 cm³/mol. The van der Waals surface area contributed by atoms with Gasteiger partial charge in [-0.3, -0.25) is 24.8 Å². The average molecular weight is 295 g/mol. The number of hydrogen-bond donors (Lipinski definition) is 3. The molecule has 7 nitrogen and oxygen atoms in total. The van der Waals surface area contributed by atoms with Gasteiger partial charge in [-0.05, 0) is 26.4 Å². The van der Waals surface area contributed by atoms with E-state index in [2.05, 4.69) is 27.5 Å². The molecule has 4 N–H and O–H groups in total. The van der Waals surface area contributed by atoms with Crippen molar-refractivity contribution in [3.8, 4) is 11.8 Å². The summed E-state index contributed by atoms with van der Waals surface area (Å²) in [5.41, 5.74) is 8.17. The average Bonchev–Trinajstić information content (AvgIpc) is 2.45. The van der Waals surface area contributed by atoms with Crippen molar-refractivity contribution in [2.45, 2.75) is 25.3 Å². The Kier molecular flexibility index (Phi) is 7.75. The summed E-state index contributed by atoms with van der Waals surface area (Å²) in [6.45, 7) is 1.97. The summed E-state index contributed by atoms with van der Waals surface area (Å²) in [5, 5.41) is 4.35. The molecule has 1 aliphatic rings. The van der Waals surface area contributed by atoms with Crippen molar-refractivity contribution in [1.82, 2.24) is 20.7 Å². The van der Waals surface area contributed by atoms with Crippen LogP contribution in [-0.2, 0) is 9.59 Å². The number of amides is 2. The summed E-state index contributed by atoms with van der Waals surface area (Å²) < 4.78 is 0.